The monoisotopic (exact) mass is 530 g/mol. The van der Waals surface area contributed by atoms with E-state index in [1.54, 1.807) is 12.1 Å². The van der Waals surface area contributed by atoms with Gasteiger partial charge in [0.2, 0.25) is 11.8 Å². The van der Waals surface area contributed by atoms with Crippen molar-refractivity contribution in [3.63, 3.8) is 0 Å². The molecule has 0 aliphatic carbocycles. The van der Waals surface area contributed by atoms with Gasteiger partial charge < -0.3 is 20.2 Å². The van der Waals surface area contributed by atoms with E-state index < -0.39 is 23.2 Å². The molecular weight excluding hydrogens is 501 g/mol. The number of aromatic amines is 1. The summed E-state index contributed by atoms with van der Waals surface area (Å²) in [5, 5.41) is 0. The Morgan fingerprint density at radius 1 is 1.13 bits per heavy atom. The molecule has 1 aliphatic rings. The molecule has 202 valence electrons. The van der Waals surface area contributed by atoms with Gasteiger partial charge in [0, 0.05) is 49.1 Å². The lowest BCUT2D eigenvalue weighted by Gasteiger charge is -2.21. The van der Waals surface area contributed by atoms with E-state index in [2.05, 4.69) is 15.0 Å². The second kappa shape index (κ2) is 12.2. The van der Waals surface area contributed by atoms with Gasteiger partial charge in [0.25, 0.3) is 5.56 Å². The largest absolute Gasteiger partial charge is 0.477 e. The standard InChI is InChI=1S/C27H29F3N4O4/c28-27(29,30)21-7-5-17(3-1-2-4-23(31)35)13-20(21)26-33-22(14-24(36)34-26)19-6-8-25(32-15-19)38-16-18-9-11-37-12-10-18/h5-8,13-15,18H,1-4,9-12,16H2,(H2,31,35)(H,33,34,36). The van der Waals surface area contributed by atoms with Gasteiger partial charge in [-0.3, -0.25) is 9.59 Å². The summed E-state index contributed by atoms with van der Waals surface area (Å²) in [4.78, 5) is 34.5. The number of benzene rings is 1. The molecular formula is C27H29F3N4O4. The van der Waals surface area contributed by atoms with E-state index in [0.29, 0.717) is 62.0 Å². The Hall–Kier alpha value is -3.73. The van der Waals surface area contributed by atoms with Crippen LogP contribution in [0.4, 0.5) is 13.2 Å². The third-order valence-corrected chi connectivity index (χ3v) is 6.36. The molecule has 1 amide bonds. The fourth-order valence-electron chi connectivity index (χ4n) is 4.28. The number of pyridine rings is 1. The predicted octanol–water partition coefficient (Wildman–Crippen LogP) is 4.52. The number of alkyl halides is 3. The molecule has 0 bridgehead atoms. The first-order valence-corrected chi connectivity index (χ1v) is 12.5. The number of aromatic nitrogens is 3. The van der Waals surface area contributed by atoms with Gasteiger partial charge in [-0.2, -0.15) is 13.2 Å². The van der Waals surface area contributed by atoms with Gasteiger partial charge in [0.15, 0.2) is 0 Å². The van der Waals surface area contributed by atoms with E-state index in [1.165, 1.54) is 24.4 Å². The Labute approximate surface area is 217 Å². The topological polar surface area (TPSA) is 120 Å². The van der Waals surface area contributed by atoms with Crippen LogP contribution in [0, 0.1) is 5.92 Å². The fourth-order valence-corrected chi connectivity index (χ4v) is 4.28. The first kappa shape index (κ1) is 27.3. The highest BCUT2D eigenvalue weighted by atomic mass is 19.4. The number of nitrogens with two attached hydrogens (primary N) is 1. The number of hydrogen-bond donors (Lipinski definition) is 2. The number of unbranched alkanes of at least 4 members (excludes halogenated alkanes) is 1. The minimum atomic E-state index is -4.65. The van der Waals surface area contributed by atoms with Crippen molar-refractivity contribution < 1.29 is 27.4 Å². The number of ether oxygens (including phenoxy) is 2. The molecule has 3 heterocycles. The zero-order valence-electron chi connectivity index (χ0n) is 20.7. The third kappa shape index (κ3) is 7.41. The maximum Gasteiger partial charge on any atom is 0.417 e. The summed E-state index contributed by atoms with van der Waals surface area (Å²) in [6.45, 7) is 1.94. The molecule has 0 atom stereocenters. The molecule has 8 nitrogen and oxygen atoms in total. The van der Waals surface area contributed by atoms with Crippen molar-refractivity contribution >= 4 is 5.91 Å². The molecule has 1 aliphatic heterocycles. The van der Waals surface area contributed by atoms with Gasteiger partial charge in [0.1, 0.15) is 5.82 Å². The van der Waals surface area contributed by atoms with Gasteiger partial charge in [-0.05, 0) is 61.8 Å². The van der Waals surface area contributed by atoms with Crippen molar-refractivity contribution in [2.45, 2.75) is 44.7 Å². The molecule has 1 aromatic carbocycles. The zero-order chi connectivity index (χ0) is 27.1. The molecule has 38 heavy (non-hydrogen) atoms. The SMILES string of the molecule is NC(=O)CCCCc1ccc(C(F)(F)F)c(-c2nc(-c3ccc(OCC4CCOCC4)nc3)cc(=O)[nH]2)c1. The summed E-state index contributed by atoms with van der Waals surface area (Å²) >= 11 is 0. The Bertz CT molecular complexity index is 1300. The molecule has 1 saturated heterocycles. The van der Waals surface area contributed by atoms with Crippen molar-refractivity contribution in [3.8, 4) is 28.5 Å². The predicted molar refractivity (Wildman–Crippen MR) is 134 cm³/mol. The van der Waals surface area contributed by atoms with Crippen LogP contribution < -0.4 is 16.0 Å². The van der Waals surface area contributed by atoms with E-state index in [1.807, 2.05) is 0 Å². The number of hydrogen-bond acceptors (Lipinski definition) is 6. The van der Waals surface area contributed by atoms with Crippen LogP contribution in [0.15, 0.2) is 47.4 Å². The van der Waals surface area contributed by atoms with Crippen LogP contribution in [0.5, 0.6) is 5.88 Å². The first-order chi connectivity index (χ1) is 18.2. The fraction of sp³-hybridized carbons (Fsp3) is 0.407. The molecule has 1 fully saturated rings. The van der Waals surface area contributed by atoms with Crippen LogP contribution in [0.1, 0.15) is 43.2 Å². The van der Waals surface area contributed by atoms with Crippen molar-refractivity contribution in [1.82, 2.24) is 15.0 Å². The lowest BCUT2D eigenvalue weighted by Crippen LogP contribution is -2.21. The van der Waals surface area contributed by atoms with Gasteiger partial charge in [-0.25, -0.2) is 9.97 Å². The number of aryl methyl sites for hydroxylation is 1. The maximum atomic E-state index is 13.8. The second-order valence-corrected chi connectivity index (χ2v) is 9.28. The molecule has 4 rings (SSSR count). The number of H-pyrrole nitrogens is 1. The van der Waals surface area contributed by atoms with E-state index in [9.17, 15) is 22.8 Å². The summed E-state index contributed by atoms with van der Waals surface area (Å²) < 4.78 is 52.6. The zero-order valence-corrected chi connectivity index (χ0v) is 20.7. The van der Waals surface area contributed by atoms with E-state index in [0.717, 1.165) is 18.9 Å². The van der Waals surface area contributed by atoms with Crippen molar-refractivity contribution in [1.29, 1.82) is 0 Å². The van der Waals surface area contributed by atoms with Gasteiger partial charge in [0.05, 0.1) is 17.9 Å². The number of nitrogens with one attached hydrogen (secondary N) is 1. The quantitative estimate of drug-likeness (QED) is 0.372. The van der Waals surface area contributed by atoms with Crippen LogP contribution in [-0.2, 0) is 22.1 Å². The summed E-state index contributed by atoms with van der Waals surface area (Å²) in [7, 11) is 0. The number of carbonyl (C=O) groups excluding carboxylic acids is 1. The summed E-state index contributed by atoms with van der Waals surface area (Å²) in [5.74, 6) is 0.182. The molecule has 0 saturated carbocycles. The lowest BCUT2D eigenvalue weighted by atomic mass is 9.99. The number of rotatable bonds is 10. The Kier molecular flexibility index (Phi) is 8.77. The van der Waals surface area contributed by atoms with Crippen LogP contribution in [-0.4, -0.2) is 40.7 Å². The third-order valence-electron chi connectivity index (χ3n) is 6.36. The highest BCUT2D eigenvalue weighted by Gasteiger charge is 2.34. The van der Waals surface area contributed by atoms with Crippen LogP contribution in [0.2, 0.25) is 0 Å². The average molecular weight is 531 g/mol. The average Bonchev–Trinajstić information content (AvgIpc) is 2.90. The smallest absolute Gasteiger partial charge is 0.417 e. The number of nitrogens with zero attached hydrogens (tertiary/aromatic N) is 2. The van der Waals surface area contributed by atoms with E-state index in [-0.39, 0.29) is 23.5 Å². The highest BCUT2D eigenvalue weighted by molar-refractivity contribution is 5.73. The van der Waals surface area contributed by atoms with Crippen molar-refractivity contribution in [2.24, 2.45) is 11.7 Å². The molecule has 3 aromatic rings. The molecule has 3 N–H and O–H groups in total. The second-order valence-electron chi connectivity index (χ2n) is 9.28. The number of halogens is 3. The summed E-state index contributed by atoms with van der Waals surface area (Å²) in [6, 6.07) is 8.27. The van der Waals surface area contributed by atoms with Crippen LogP contribution in [0.25, 0.3) is 22.6 Å². The summed E-state index contributed by atoms with van der Waals surface area (Å²) in [5.41, 5.74) is 4.69. The van der Waals surface area contributed by atoms with Crippen LogP contribution in [0.3, 0.4) is 0 Å². The number of carbonyl (C=O) groups is 1. The molecule has 0 unspecified atom stereocenters. The maximum absolute atomic E-state index is 13.8. The van der Waals surface area contributed by atoms with Gasteiger partial charge in [-0.1, -0.05) is 6.07 Å². The first-order valence-electron chi connectivity index (χ1n) is 12.5. The molecule has 0 radical (unpaired) electrons. The van der Waals surface area contributed by atoms with E-state index in [4.69, 9.17) is 15.2 Å². The molecule has 11 heteroatoms. The lowest BCUT2D eigenvalue weighted by molar-refractivity contribution is -0.137. The number of amides is 1. The van der Waals surface area contributed by atoms with Crippen LogP contribution >= 0.6 is 0 Å². The van der Waals surface area contributed by atoms with Crippen molar-refractivity contribution in [2.75, 3.05) is 19.8 Å². The summed E-state index contributed by atoms with van der Waals surface area (Å²) in [6.07, 6.45) is 0.423. The minimum Gasteiger partial charge on any atom is -0.477 e. The molecule has 2 aromatic heterocycles. The number of primary amides is 1. The highest BCUT2D eigenvalue weighted by Crippen LogP contribution is 2.37. The van der Waals surface area contributed by atoms with Crippen molar-refractivity contribution in [3.05, 3.63) is 64.1 Å². The Balaban J connectivity index is 1.57. The Morgan fingerprint density at radius 3 is 2.61 bits per heavy atom. The normalized spacial score (nSPS) is 14.4. The Morgan fingerprint density at radius 2 is 1.92 bits per heavy atom. The van der Waals surface area contributed by atoms with Gasteiger partial charge >= 0.3 is 6.18 Å². The minimum absolute atomic E-state index is 0.187. The molecule has 0 spiro atoms. The van der Waals surface area contributed by atoms with E-state index >= 15 is 0 Å². The van der Waals surface area contributed by atoms with Gasteiger partial charge in [-0.15, -0.1) is 0 Å².